The third-order valence-electron chi connectivity index (χ3n) is 4.37. The average Bonchev–Trinajstić information content (AvgIpc) is 3.08. The fraction of sp³-hybridized carbons (Fsp3) is 0.0833. The molecule has 3 aromatic carbocycles. The van der Waals surface area contributed by atoms with Gasteiger partial charge < -0.3 is 5.41 Å². The molecule has 0 bridgehead atoms. The number of fused-ring (bicyclic) bond motifs is 3. The zero-order valence-electron chi connectivity index (χ0n) is 15.4. The van der Waals surface area contributed by atoms with Gasteiger partial charge in [0.25, 0.3) is 0 Å². The Morgan fingerprint density at radius 1 is 0.926 bits per heavy atom. The lowest BCUT2D eigenvalue weighted by Gasteiger charge is -2.06. The highest BCUT2D eigenvalue weighted by Crippen LogP contribution is 2.36. The van der Waals surface area contributed by atoms with E-state index < -0.39 is 0 Å². The molecule has 132 valence electrons. The Balaban J connectivity index is 0.000000659. The normalized spacial score (nSPS) is 10.9. The fourth-order valence-electron chi connectivity index (χ4n) is 3.12. The second kappa shape index (κ2) is 8.44. The highest BCUT2D eigenvalue weighted by molar-refractivity contribution is 7.25. The van der Waals surface area contributed by atoms with E-state index >= 15 is 0 Å². The number of nitriles is 1. The van der Waals surface area contributed by atoms with Gasteiger partial charge in [0.1, 0.15) is 0 Å². The van der Waals surface area contributed by atoms with Crippen molar-refractivity contribution in [1.29, 1.82) is 10.7 Å². The Hall–Kier alpha value is -3.22. The largest absolute Gasteiger partial charge is 0.308 e. The van der Waals surface area contributed by atoms with E-state index in [9.17, 15) is 0 Å². The Morgan fingerprint density at radius 3 is 2.37 bits per heavy atom. The van der Waals surface area contributed by atoms with Crippen molar-refractivity contribution in [2.24, 2.45) is 0 Å². The van der Waals surface area contributed by atoms with Gasteiger partial charge >= 0.3 is 0 Å². The predicted octanol–water partition coefficient (Wildman–Crippen LogP) is 7.30. The van der Waals surface area contributed by atoms with E-state index in [-0.39, 0.29) is 0 Å². The number of rotatable bonds is 3. The Kier molecular flexibility index (Phi) is 5.80. The van der Waals surface area contributed by atoms with Crippen molar-refractivity contribution in [2.75, 3.05) is 0 Å². The molecule has 0 spiro atoms. The fourth-order valence-corrected chi connectivity index (χ4v) is 4.20. The quantitative estimate of drug-likeness (QED) is 0.379. The van der Waals surface area contributed by atoms with Crippen LogP contribution in [-0.4, -0.2) is 6.21 Å². The number of thiophene rings is 1. The van der Waals surface area contributed by atoms with Crippen LogP contribution in [0.1, 0.15) is 19.4 Å². The van der Waals surface area contributed by atoms with Gasteiger partial charge in [-0.3, -0.25) is 0 Å². The van der Waals surface area contributed by atoms with E-state index in [4.69, 9.17) is 10.7 Å². The summed E-state index contributed by atoms with van der Waals surface area (Å²) in [4.78, 5) is 0. The summed E-state index contributed by atoms with van der Waals surface area (Å²) in [5.74, 6) is 0. The second-order valence-corrected chi connectivity index (χ2v) is 7.09. The van der Waals surface area contributed by atoms with Crippen LogP contribution in [0.15, 0.2) is 72.8 Å². The zero-order chi connectivity index (χ0) is 19.2. The van der Waals surface area contributed by atoms with Crippen LogP contribution in [0.5, 0.6) is 0 Å². The van der Waals surface area contributed by atoms with Gasteiger partial charge in [-0.15, -0.1) is 11.3 Å². The first-order valence-electron chi connectivity index (χ1n) is 8.71. The van der Waals surface area contributed by atoms with E-state index in [1.165, 1.54) is 44.4 Å². The van der Waals surface area contributed by atoms with Crippen molar-refractivity contribution in [3.05, 3.63) is 78.4 Å². The van der Waals surface area contributed by atoms with Crippen LogP contribution in [-0.2, 0) is 0 Å². The molecule has 2 nitrogen and oxygen atoms in total. The second-order valence-electron chi connectivity index (χ2n) is 6.00. The Morgan fingerprint density at radius 2 is 1.63 bits per heavy atom. The van der Waals surface area contributed by atoms with Crippen molar-refractivity contribution < 1.29 is 0 Å². The summed E-state index contributed by atoms with van der Waals surface area (Å²) in [6.07, 6.45) is 3.39. The Labute approximate surface area is 163 Å². The Bertz CT molecular complexity index is 1180. The third kappa shape index (κ3) is 3.81. The van der Waals surface area contributed by atoms with E-state index in [0.29, 0.717) is 0 Å². The molecule has 0 aliphatic heterocycles. The minimum atomic E-state index is 0.943. The van der Waals surface area contributed by atoms with Crippen LogP contribution >= 0.6 is 11.3 Å². The van der Waals surface area contributed by atoms with Gasteiger partial charge in [0.2, 0.25) is 0 Å². The van der Waals surface area contributed by atoms with Gasteiger partial charge in [-0.05, 0) is 53.5 Å². The minimum absolute atomic E-state index is 0.943. The molecule has 0 aliphatic rings. The van der Waals surface area contributed by atoms with Crippen LogP contribution in [0, 0.1) is 16.7 Å². The number of nitrogens with zero attached hydrogens (tertiary/aromatic N) is 1. The average molecular weight is 369 g/mol. The molecule has 3 heteroatoms. The van der Waals surface area contributed by atoms with Crippen LogP contribution in [0.2, 0.25) is 0 Å². The number of hydrogen-bond donors (Lipinski definition) is 1. The molecule has 0 fully saturated rings. The van der Waals surface area contributed by atoms with Gasteiger partial charge in [-0.2, -0.15) is 5.26 Å². The van der Waals surface area contributed by atoms with Crippen molar-refractivity contribution in [3.8, 4) is 17.2 Å². The van der Waals surface area contributed by atoms with E-state index in [2.05, 4.69) is 66.7 Å². The lowest BCUT2D eigenvalue weighted by atomic mass is 9.98. The topological polar surface area (TPSA) is 47.6 Å². The highest BCUT2D eigenvalue weighted by atomic mass is 32.1. The van der Waals surface area contributed by atoms with E-state index in [0.717, 1.165) is 11.1 Å². The molecule has 1 heterocycles. The van der Waals surface area contributed by atoms with Crippen molar-refractivity contribution in [3.63, 3.8) is 0 Å². The monoisotopic (exact) mass is 368 g/mol. The number of allylic oxidation sites excluding steroid dienone is 2. The molecule has 1 N–H and O–H groups in total. The molecule has 4 aromatic rings. The molecule has 0 atom stereocenters. The van der Waals surface area contributed by atoms with E-state index in [1.807, 2.05) is 24.3 Å². The first kappa shape index (κ1) is 18.6. The molecule has 1 aromatic heterocycles. The van der Waals surface area contributed by atoms with Gasteiger partial charge in [-0.25, -0.2) is 0 Å². The summed E-state index contributed by atoms with van der Waals surface area (Å²) in [6, 6.07) is 25.4. The van der Waals surface area contributed by atoms with Gasteiger partial charge in [-0.1, -0.05) is 48.5 Å². The molecule has 27 heavy (non-hydrogen) atoms. The first-order chi connectivity index (χ1) is 13.2. The number of nitrogens with one attached hydrogen (secondary N) is 1. The highest BCUT2D eigenvalue weighted by Gasteiger charge is 2.07. The molecule has 4 rings (SSSR count). The minimum Gasteiger partial charge on any atom is -0.308 e. The van der Waals surface area contributed by atoms with Crippen LogP contribution in [0.4, 0.5) is 0 Å². The summed E-state index contributed by atoms with van der Waals surface area (Å²) in [5.41, 5.74) is 4.43. The van der Waals surface area contributed by atoms with Gasteiger partial charge in [0.05, 0.1) is 6.07 Å². The lowest BCUT2D eigenvalue weighted by molar-refractivity contribution is 1.49. The van der Waals surface area contributed by atoms with Crippen molar-refractivity contribution in [1.82, 2.24) is 0 Å². The van der Waals surface area contributed by atoms with Crippen LogP contribution in [0.3, 0.4) is 0 Å². The van der Waals surface area contributed by atoms with Crippen molar-refractivity contribution >= 4 is 43.3 Å². The predicted molar refractivity (Wildman–Crippen MR) is 118 cm³/mol. The molecule has 0 saturated heterocycles. The molecule has 0 radical (unpaired) electrons. The zero-order valence-corrected chi connectivity index (χ0v) is 16.2. The smallest absolute Gasteiger partial charge is 0.0587 e. The molecule has 0 amide bonds. The standard InChI is InChI=1S/C22H17NS.C2H3N/c1-2-15(14-23)16-6-5-7-17(12-16)18-10-11-22-20(13-18)19-8-3-4-9-21(19)24-22;1-2-3/h2-14,23H,1H3;1H3/b15-2+,23-14?;. The summed E-state index contributed by atoms with van der Waals surface area (Å²) >= 11 is 1.84. The molecular weight excluding hydrogens is 348 g/mol. The summed E-state index contributed by atoms with van der Waals surface area (Å²) in [5, 5.41) is 17.5. The van der Waals surface area contributed by atoms with E-state index in [1.54, 1.807) is 6.07 Å². The SMILES string of the molecule is C/C=C(\C=N)c1cccc(-c2ccc3sc4ccccc4c3c2)c1.CC#N. The van der Waals surface area contributed by atoms with Crippen LogP contribution < -0.4 is 0 Å². The summed E-state index contributed by atoms with van der Waals surface area (Å²) < 4.78 is 2.66. The lowest BCUT2D eigenvalue weighted by Crippen LogP contribution is -1.86. The molecule has 0 saturated carbocycles. The number of hydrogen-bond acceptors (Lipinski definition) is 3. The summed E-state index contributed by atoms with van der Waals surface area (Å²) in [7, 11) is 0. The maximum absolute atomic E-state index is 7.56. The molecular formula is C24H20N2S. The first-order valence-corrected chi connectivity index (χ1v) is 9.53. The summed E-state index contributed by atoms with van der Waals surface area (Å²) in [6.45, 7) is 3.40. The van der Waals surface area contributed by atoms with Gasteiger partial charge in [0, 0.05) is 33.3 Å². The molecule has 0 unspecified atom stereocenters. The maximum atomic E-state index is 7.56. The number of benzene rings is 3. The molecule has 0 aliphatic carbocycles. The maximum Gasteiger partial charge on any atom is 0.0587 e. The third-order valence-corrected chi connectivity index (χ3v) is 5.52. The van der Waals surface area contributed by atoms with Crippen molar-refractivity contribution in [2.45, 2.75) is 13.8 Å². The van der Waals surface area contributed by atoms with Gasteiger partial charge in [0.15, 0.2) is 0 Å². The van der Waals surface area contributed by atoms with Crippen LogP contribution in [0.25, 0.3) is 36.9 Å².